The summed E-state index contributed by atoms with van der Waals surface area (Å²) in [6.07, 6.45) is 11.2. The number of hydrogen-bond acceptors (Lipinski definition) is 10. The van der Waals surface area contributed by atoms with Crippen LogP contribution in [0.5, 0.6) is 11.5 Å². The Balaban J connectivity index is 1.39. The molecule has 7 rings (SSSR count). The summed E-state index contributed by atoms with van der Waals surface area (Å²) in [5.74, 6) is 0.219. The van der Waals surface area contributed by atoms with Crippen LogP contribution in [0.4, 0.5) is 5.69 Å². The highest BCUT2D eigenvalue weighted by Crippen LogP contribution is 2.63. The van der Waals surface area contributed by atoms with Crippen LogP contribution < -0.4 is 9.47 Å². The second kappa shape index (κ2) is 19.2. The van der Waals surface area contributed by atoms with Crippen molar-refractivity contribution in [3.05, 3.63) is 143 Å². The molecule has 1 aliphatic heterocycles. The number of hydrogen-bond donors (Lipinski definition) is 2. The van der Waals surface area contributed by atoms with Crippen molar-refractivity contribution in [2.45, 2.75) is 73.4 Å². The Bertz CT molecular complexity index is 2140. The van der Waals surface area contributed by atoms with Crippen LogP contribution in [0.25, 0.3) is 10.8 Å². The van der Waals surface area contributed by atoms with E-state index in [2.05, 4.69) is 55.6 Å². The number of nitrogens with zero attached hydrogens (tertiary/aromatic N) is 2. The van der Waals surface area contributed by atoms with Crippen molar-refractivity contribution in [1.29, 1.82) is 0 Å². The summed E-state index contributed by atoms with van der Waals surface area (Å²) in [4.78, 5) is 18.1. The van der Waals surface area contributed by atoms with Crippen molar-refractivity contribution in [3.8, 4) is 11.5 Å². The smallest absolute Gasteiger partial charge is 0.269 e. The van der Waals surface area contributed by atoms with Crippen LogP contribution >= 0.6 is 11.8 Å². The molecule has 0 bridgehead atoms. The molecule has 0 saturated heterocycles. The second-order valence-corrected chi connectivity index (χ2v) is 16.4. The zero-order chi connectivity index (χ0) is 40.5. The van der Waals surface area contributed by atoms with Crippen LogP contribution in [-0.2, 0) is 16.2 Å². The number of ether oxygens (including phenoxy) is 3. The Morgan fingerprint density at radius 2 is 1.67 bits per heavy atom. The van der Waals surface area contributed by atoms with Gasteiger partial charge in [-0.25, -0.2) is 0 Å². The summed E-state index contributed by atoms with van der Waals surface area (Å²) in [6, 6.07) is 27.2. The zero-order valence-corrected chi connectivity index (χ0v) is 33.6. The first kappa shape index (κ1) is 41.2. The summed E-state index contributed by atoms with van der Waals surface area (Å²) < 4.78 is 20.5. The molecule has 0 aromatic heterocycles. The Kier molecular flexibility index (Phi) is 13.7. The number of non-ortho nitro benzene ring substituents is 1. The Hall–Kier alpha value is -4.94. The van der Waals surface area contributed by atoms with E-state index in [9.17, 15) is 20.3 Å². The predicted octanol–water partition coefficient (Wildman–Crippen LogP) is 9.94. The molecule has 4 aromatic rings. The minimum atomic E-state index is -1.14. The lowest BCUT2D eigenvalue weighted by Crippen LogP contribution is -2.64. The molecule has 2 N–H and O–H groups in total. The summed E-state index contributed by atoms with van der Waals surface area (Å²) in [7, 11) is 0. The Morgan fingerprint density at radius 1 is 0.914 bits per heavy atom. The maximum Gasteiger partial charge on any atom is 0.269 e. The Morgan fingerprint density at radius 3 is 2.41 bits per heavy atom. The van der Waals surface area contributed by atoms with Gasteiger partial charge in [-0.15, -0.1) is 18.3 Å². The van der Waals surface area contributed by atoms with Crippen molar-refractivity contribution in [2.24, 2.45) is 22.9 Å². The van der Waals surface area contributed by atoms with Gasteiger partial charge in [-0.05, 0) is 102 Å². The SMILES string of the molecule is C=CCOc1ccc2c(c1)C1C(CCCCO)C(CCCCO)C=C3C(=NOCc4ccc([N+](=O)[O-])cc4)CC(Sc4ccc5ccccc5c4)C(OCC=C)(O2)C31. The van der Waals surface area contributed by atoms with Crippen molar-refractivity contribution < 1.29 is 34.2 Å². The fourth-order valence-electron chi connectivity index (χ4n) is 8.97. The quantitative estimate of drug-likeness (QED) is 0.0388. The van der Waals surface area contributed by atoms with E-state index < -0.39 is 10.7 Å². The van der Waals surface area contributed by atoms with Gasteiger partial charge in [0.2, 0.25) is 5.79 Å². The summed E-state index contributed by atoms with van der Waals surface area (Å²) in [5, 5.41) is 38.0. The fourth-order valence-corrected chi connectivity index (χ4v) is 10.3. The fraction of sp³-hybridized carbons (Fsp3) is 0.383. The number of thioether (sulfide) groups is 1. The minimum absolute atomic E-state index is 0.0154. The third-order valence-electron chi connectivity index (χ3n) is 11.5. The summed E-state index contributed by atoms with van der Waals surface area (Å²) in [5.41, 5.74) is 3.64. The predicted molar refractivity (Wildman–Crippen MR) is 228 cm³/mol. The van der Waals surface area contributed by atoms with E-state index in [-0.39, 0.29) is 61.0 Å². The zero-order valence-electron chi connectivity index (χ0n) is 32.7. The molecule has 3 aliphatic rings. The second-order valence-electron chi connectivity index (χ2n) is 15.2. The van der Waals surface area contributed by atoms with Crippen molar-refractivity contribution in [2.75, 3.05) is 26.4 Å². The lowest BCUT2D eigenvalue weighted by atomic mass is 9.56. The molecule has 1 saturated carbocycles. The standard InChI is InChI=1S/C47H52N2O8S/c1-3-25-54-37-20-22-43-41(29-37)45-39(14-8-10-24-51)35(13-7-9-23-50)28-40-42(48-56-31-32-15-18-36(19-16-32)49(52)53)30-44(47(57-43,46(40)45)55-26-4-2)58-38-21-17-33-11-5-6-12-34(33)27-38/h3-6,11-12,15-22,27-29,35,39,44-46,50-51H,1-2,7-10,13-14,23-26,30-31H2. The third-order valence-corrected chi connectivity index (χ3v) is 12.8. The molecule has 304 valence electrons. The van der Waals surface area contributed by atoms with Crippen molar-refractivity contribution >= 4 is 33.9 Å². The van der Waals surface area contributed by atoms with E-state index in [1.807, 2.05) is 24.3 Å². The first-order valence-corrected chi connectivity index (χ1v) is 21.1. The number of rotatable bonds is 20. The van der Waals surface area contributed by atoms with Gasteiger partial charge in [-0.3, -0.25) is 10.1 Å². The first-order chi connectivity index (χ1) is 28.4. The molecule has 1 heterocycles. The van der Waals surface area contributed by atoms with E-state index in [1.54, 1.807) is 36.0 Å². The topological polar surface area (TPSA) is 133 Å². The number of nitro groups is 1. The highest BCUT2D eigenvalue weighted by Gasteiger charge is 2.64. The van der Waals surface area contributed by atoms with Gasteiger partial charge in [-0.1, -0.05) is 73.1 Å². The minimum Gasteiger partial charge on any atom is -0.490 e. The number of unbranched alkanes of at least 4 members (excludes halogenated alkanes) is 2. The van der Waals surface area contributed by atoms with Gasteiger partial charge in [0.1, 0.15) is 24.7 Å². The highest BCUT2D eigenvalue weighted by molar-refractivity contribution is 8.00. The van der Waals surface area contributed by atoms with Gasteiger partial charge in [0, 0.05) is 48.1 Å². The number of allylic oxidation sites excluding steroid dienone is 1. The van der Waals surface area contributed by atoms with Crippen LogP contribution in [-0.4, -0.2) is 58.3 Å². The molecule has 2 aliphatic carbocycles. The average Bonchev–Trinajstić information content (AvgIpc) is 3.24. The van der Waals surface area contributed by atoms with Gasteiger partial charge < -0.3 is 29.3 Å². The van der Waals surface area contributed by atoms with Crippen LogP contribution in [0.2, 0.25) is 0 Å². The third kappa shape index (κ3) is 8.88. The van der Waals surface area contributed by atoms with Gasteiger partial charge >= 0.3 is 0 Å². The molecule has 4 aromatic carbocycles. The molecular formula is C47H52N2O8S. The summed E-state index contributed by atoms with van der Waals surface area (Å²) in [6.45, 7) is 8.91. The van der Waals surface area contributed by atoms with Gasteiger partial charge in [0.15, 0.2) is 0 Å². The number of aliphatic hydroxyl groups is 2. The van der Waals surface area contributed by atoms with E-state index in [4.69, 9.17) is 24.2 Å². The van der Waals surface area contributed by atoms with Crippen LogP contribution in [0.3, 0.4) is 0 Å². The number of benzene rings is 4. The largest absolute Gasteiger partial charge is 0.490 e. The monoisotopic (exact) mass is 804 g/mol. The number of fused-ring (bicyclic) bond motifs is 3. The molecule has 58 heavy (non-hydrogen) atoms. The molecule has 10 nitrogen and oxygen atoms in total. The highest BCUT2D eigenvalue weighted by atomic mass is 32.2. The lowest BCUT2D eigenvalue weighted by Gasteiger charge is -2.58. The molecule has 0 amide bonds. The molecule has 0 spiro atoms. The molecular weight excluding hydrogens is 753 g/mol. The van der Waals surface area contributed by atoms with E-state index >= 15 is 0 Å². The maximum atomic E-state index is 11.3. The number of oxime groups is 1. The normalized spacial score (nSPS) is 23.9. The van der Waals surface area contributed by atoms with Crippen molar-refractivity contribution in [3.63, 3.8) is 0 Å². The number of aliphatic hydroxyl groups excluding tert-OH is 2. The molecule has 6 unspecified atom stereocenters. The van der Waals surface area contributed by atoms with Crippen LogP contribution in [0, 0.1) is 27.9 Å². The molecule has 11 heteroatoms. The Labute approximate surface area is 344 Å². The summed E-state index contributed by atoms with van der Waals surface area (Å²) >= 11 is 1.71. The van der Waals surface area contributed by atoms with E-state index in [1.165, 1.54) is 12.1 Å². The number of nitro benzene ring substituents is 1. The van der Waals surface area contributed by atoms with Gasteiger partial charge in [0.25, 0.3) is 5.69 Å². The maximum absolute atomic E-state index is 11.3. The van der Waals surface area contributed by atoms with E-state index in [0.29, 0.717) is 25.9 Å². The van der Waals surface area contributed by atoms with E-state index in [0.717, 1.165) is 75.3 Å². The molecule has 0 radical (unpaired) electrons. The molecule has 6 atom stereocenters. The van der Waals surface area contributed by atoms with Gasteiger partial charge in [0.05, 0.1) is 28.4 Å². The van der Waals surface area contributed by atoms with Crippen LogP contribution in [0.1, 0.15) is 62.0 Å². The molecule has 1 fully saturated rings. The first-order valence-electron chi connectivity index (χ1n) is 20.2. The lowest BCUT2D eigenvalue weighted by molar-refractivity contribution is -0.384. The average molecular weight is 805 g/mol. The van der Waals surface area contributed by atoms with Crippen molar-refractivity contribution in [1.82, 2.24) is 0 Å². The van der Waals surface area contributed by atoms with Gasteiger partial charge in [-0.2, -0.15) is 0 Å². The van der Waals surface area contributed by atoms with Crippen LogP contribution in [0.15, 0.2) is 132 Å².